The van der Waals surface area contributed by atoms with Crippen molar-refractivity contribution in [2.75, 3.05) is 6.16 Å². The molecule has 4 nitrogen and oxygen atoms in total. The van der Waals surface area contributed by atoms with Crippen LogP contribution in [-0.2, 0) is 4.57 Å². The second kappa shape index (κ2) is 2.99. The van der Waals surface area contributed by atoms with Gasteiger partial charge in [0.15, 0.2) is 0 Å². The topological polar surface area (TPSA) is 74.6 Å². The Hall–Kier alpha value is -0.340. The maximum Gasteiger partial charge on any atom is 0.388 e. The Morgan fingerprint density at radius 2 is 2.11 bits per heavy atom. The normalized spacial score (nSPS) is 16.7. The summed E-state index contributed by atoms with van der Waals surface area (Å²) in [5, 5.41) is 8.06. The van der Waals surface area contributed by atoms with Crippen molar-refractivity contribution < 1.29 is 19.4 Å². The van der Waals surface area contributed by atoms with E-state index in [4.69, 9.17) is 10.00 Å². The van der Waals surface area contributed by atoms with Crippen LogP contribution in [0.3, 0.4) is 0 Å². The third kappa shape index (κ3) is 2.63. The van der Waals surface area contributed by atoms with E-state index >= 15 is 0 Å². The van der Waals surface area contributed by atoms with Crippen molar-refractivity contribution in [1.82, 2.24) is 0 Å². The van der Waals surface area contributed by atoms with E-state index in [1.165, 1.54) is 0 Å². The lowest BCUT2D eigenvalue weighted by Gasteiger charge is -2.01. The van der Waals surface area contributed by atoms with Crippen LogP contribution in [0.25, 0.3) is 0 Å². The zero-order valence-corrected chi connectivity index (χ0v) is 5.97. The molecule has 0 aromatic heterocycles. The lowest BCUT2D eigenvalue weighted by atomic mass is 10.6. The predicted molar refractivity (Wildman–Crippen MR) is 33.0 cm³/mol. The van der Waals surface area contributed by atoms with E-state index in [9.17, 15) is 9.36 Å². The highest BCUT2D eigenvalue weighted by molar-refractivity contribution is 7.74. The highest BCUT2D eigenvalue weighted by atomic mass is 31.2. The SMILES string of the molecule is CCCP(=O)(O)C(=O)O. The van der Waals surface area contributed by atoms with Gasteiger partial charge in [-0.15, -0.1) is 0 Å². The average Bonchev–Trinajstić information content (AvgIpc) is 1.65. The molecule has 0 amide bonds. The van der Waals surface area contributed by atoms with Crippen molar-refractivity contribution in [3.8, 4) is 0 Å². The number of carboxylic acid groups (broad SMARTS) is 1. The molecule has 0 fully saturated rings. The van der Waals surface area contributed by atoms with Gasteiger partial charge in [-0.25, -0.2) is 4.79 Å². The average molecular weight is 152 g/mol. The summed E-state index contributed by atoms with van der Waals surface area (Å²) in [6, 6.07) is 0. The Morgan fingerprint density at radius 3 is 2.22 bits per heavy atom. The van der Waals surface area contributed by atoms with Gasteiger partial charge in [-0.1, -0.05) is 6.92 Å². The third-order valence-electron chi connectivity index (χ3n) is 0.826. The van der Waals surface area contributed by atoms with E-state index in [-0.39, 0.29) is 6.16 Å². The quantitative estimate of drug-likeness (QED) is 0.598. The summed E-state index contributed by atoms with van der Waals surface area (Å²) in [4.78, 5) is 18.4. The summed E-state index contributed by atoms with van der Waals surface area (Å²) in [6.07, 6.45) is 0.280. The largest absolute Gasteiger partial charge is 0.474 e. The van der Waals surface area contributed by atoms with Crippen LogP contribution in [0.4, 0.5) is 4.79 Å². The standard InChI is InChI=1S/C4H9O4P/c1-2-3-9(7,8)4(5)6/h2-3H2,1H3,(H,5,6)(H,7,8). The van der Waals surface area contributed by atoms with Gasteiger partial charge < -0.3 is 10.00 Å². The van der Waals surface area contributed by atoms with E-state index in [2.05, 4.69) is 0 Å². The zero-order valence-electron chi connectivity index (χ0n) is 5.07. The lowest BCUT2D eigenvalue weighted by Crippen LogP contribution is -1.97. The maximum absolute atomic E-state index is 10.5. The molecular formula is C4H9O4P. The first kappa shape index (κ1) is 8.66. The van der Waals surface area contributed by atoms with E-state index in [0.29, 0.717) is 6.42 Å². The Balaban J connectivity index is 4.04. The molecule has 5 heteroatoms. The van der Waals surface area contributed by atoms with Crippen LogP contribution in [0.5, 0.6) is 0 Å². The minimum absolute atomic E-state index is 0.137. The molecule has 1 atom stereocenters. The van der Waals surface area contributed by atoms with Gasteiger partial charge in [0.1, 0.15) is 0 Å². The molecule has 0 aliphatic carbocycles. The van der Waals surface area contributed by atoms with Gasteiger partial charge in [0.05, 0.1) is 0 Å². The fourth-order valence-corrected chi connectivity index (χ4v) is 1.20. The summed E-state index contributed by atoms with van der Waals surface area (Å²) >= 11 is 0. The summed E-state index contributed by atoms with van der Waals surface area (Å²) in [6.45, 7) is 1.66. The van der Waals surface area contributed by atoms with Crippen molar-refractivity contribution in [2.45, 2.75) is 13.3 Å². The molecule has 0 spiro atoms. The molecule has 0 aliphatic heterocycles. The van der Waals surface area contributed by atoms with Gasteiger partial charge in [-0.3, -0.25) is 4.57 Å². The molecule has 2 N–H and O–H groups in total. The third-order valence-corrected chi connectivity index (χ3v) is 2.48. The van der Waals surface area contributed by atoms with Crippen LogP contribution in [0.2, 0.25) is 0 Å². The minimum Gasteiger partial charge on any atom is -0.474 e. The zero-order chi connectivity index (χ0) is 7.49. The van der Waals surface area contributed by atoms with Gasteiger partial charge in [0, 0.05) is 6.16 Å². The highest BCUT2D eigenvalue weighted by Gasteiger charge is 2.26. The second-order valence-electron chi connectivity index (χ2n) is 1.71. The number of rotatable bonds is 3. The molecule has 9 heavy (non-hydrogen) atoms. The molecule has 0 bridgehead atoms. The molecule has 0 saturated carbocycles. The first-order valence-electron chi connectivity index (χ1n) is 2.56. The molecule has 0 saturated heterocycles. The molecule has 1 unspecified atom stereocenters. The highest BCUT2D eigenvalue weighted by Crippen LogP contribution is 2.41. The second-order valence-corrected chi connectivity index (χ2v) is 3.94. The summed E-state index contributed by atoms with van der Waals surface area (Å²) in [7, 11) is -3.85. The summed E-state index contributed by atoms with van der Waals surface area (Å²) in [5.74, 6) is 0. The predicted octanol–water partition coefficient (Wildman–Crippen LogP) is 1.34. The van der Waals surface area contributed by atoms with E-state index < -0.39 is 13.1 Å². The van der Waals surface area contributed by atoms with Crippen LogP contribution in [0.1, 0.15) is 13.3 Å². The Bertz CT molecular complexity index is 153. The Kier molecular flexibility index (Phi) is 2.88. The number of hydrogen-bond donors (Lipinski definition) is 2. The van der Waals surface area contributed by atoms with Gasteiger partial charge in [0.2, 0.25) is 0 Å². The van der Waals surface area contributed by atoms with E-state index in [1.54, 1.807) is 6.92 Å². The first-order chi connectivity index (χ1) is 4.00. The van der Waals surface area contributed by atoms with Crippen LogP contribution < -0.4 is 0 Å². The van der Waals surface area contributed by atoms with Crippen molar-refractivity contribution in [1.29, 1.82) is 0 Å². The van der Waals surface area contributed by atoms with Crippen LogP contribution in [0.15, 0.2) is 0 Å². The number of carbonyl (C=O) groups is 1. The van der Waals surface area contributed by atoms with Crippen molar-refractivity contribution in [3.63, 3.8) is 0 Å². The summed E-state index contributed by atoms with van der Waals surface area (Å²) < 4.78 is 10.5. The Morgan fingerprint density at radius 1 is 1.67 bits per heavy atom. The van der Waals surface area contributed by atoms with Crippen molar-refractivity contribution in [2.24, 2.45) is 0 Å². The van der Waals surface area contributed by atoms with Crippen LogP contribution in [-0.4, -0.2) is 21.9 Å². The van der Waals surface area contributed by atoms with Crippen LogP contribution in [0, 0.1) is 0 Å². The molecule has 0 radical (unpaired) electrons. The fraction of sp³-hybridized carbons (Fsp3) is 0.750. The molecule has 54 valence electrons. The molecule has 0 aromatic carbocycles. The fourth-order valence-electron chi connectivity index (χ4n) is 0.399. The lowest BCUT2D eigenvalue weighted by molar-refractivity contribution is 0.215. The first-order valence-corrected chi connectivity index (χ1v) is 4.40. The maximum atomic E-state index is 10.5. The number of hydrogen-bond acceptors (Lipinski definition) is 2. The molecule has 0 aliphatic rings. The Labute approximate surface area is 53.0 Å². The van der Waals surface area contributed by atoms with E-state index in [0.717, 1.165) is 0 Å². The van der Waals surface area contributed by atoms with Gasteiger partial charge in [0.25, 0.3) is 0 Å². The smallest absolute Gasteiger partial charge is 0.388 e. The van der Waals surface area contributed by atoms with Gasteiger partial charge in [-0.05, 0) is 6.42 Å². The monoisotopic (exact) mass is 152 g/mol. The summed E-state index contributed by atoms with van der Waals surface area (Å²) in [5.41, 5.74) is -1.59. The molecule has 0 rings (SSSR count). The van der Waals surface area contributed by atoms with Crippen molar-refractivity contribution >= 4 is 13.1 Å². The van der Waals surface area contributed by atoms with E-state index in [1.807, 2.05) is 0 Å². The molecule has 0 heterocycles. The van der Waals surface area contributed by atoms with Gasteiger partial charge in [-0.2, -0.15) is 0 Å². The van der Waals surface area contributed by atoms with Crippen molar-refractivity contribution in [3.05, 3.63) is 0 Å². The molecule has 0 aromatic rings. The van der Waals surface area contributed by atoms with Gasteiger partial charge >= 0.3 is 13.1 Å². The van der Waals surface area contributed by atoms with Crippen LogP contribution >= 0.6 is 7.37 Å². The minimum atomic E-state index is -3.85. The molecular weight excluding hydrogens is 143 g/mol.